The normalized spacial score (nSPS) is 11.6. The molecular formula is C11H10F3NS. The number of thioether (sulfide) groups is 1. The smallest absolute Gasteiger partial charge is 0.192 e. The van der Waals surface area contributed by atoms with Gasteiger partial charge in [0.1, 0.15) is 0 Å². The number of hydrogen-bond donors (Lipinski definition) is 0. The summed E-state index contributed by atoms with van der Waals surface area (Å²) in [7, 11) is 0. The van der Waals surface area contributed by atoms with E-state index in [4.69, 9.17) is 5.26 Å². The minimum absolute atomic E-state index is 0.203. The van der Waals surface area contributed by atoms with Crippen molar-refractivity contribution in [3.8, 4) is 6.07 Å². The molecule has 1 aromatic carbocycles. The van der Waals surface area contributed by atoms with Crippen LogP contribution in [0.3, 0.4) is 0 Å². The second-order valence-corrected chi connectivity index (χ2v) is 5.13. The number of rotatable bonds is 2. The van der Waals surface area contributed by atoms with Crippen LogP contribution in [0, 0.1) is 11.3 Å². The summed E-state index contributed by atoms with van der Waals surface area (Å²) in [5.41, 5.74) is -1.19. The summed E-state index contributed by atoms with van der Waals surface area (Å²) in [6, 6.07) is 5.34. The van der Waals surface area contributed by atoms with Gasteiger partial charge in [0.2, 0.25) is 0 Å². The summed E-state index contributed by atoms with van der Waals surface area (Å²) in [6.45, 7) is 3.80. The van der Waals surface area contributed by atoms with Crippen LogP contribution in [0.25, 0.3) is 0 Å². The first-order valence-corrected chi connectivity index (χ1v) is 5.50. The van der Waals surface area contributed by atoms with Gasteiger partial charge in [-0.15, -0.1) is 11.8 Å². The first-order chi connectivity index (χ1) is 7.34. The van der Waals surface area contributed by atoms with Crippen LogP contribution < -0.4 is 0 Å². The third kappa shape index (κ3) is 3.17. The molecule has 5 heteroatoms. The maximum absolute atomic E-state index is 12.6. The topological polar surface area (TPSA) is 23.8 Å². The summed E-state index contributed by atoms with van der Waals surface area (Å²) in [5.74, 6) is 0. The van der Waals surface area contributed by atoms with Crippen LogP contribution in [0.5, 0.6) is 0 Å². The van der Waals surface area contributed by atoms with Crippen molar-refractivity contribution in [3.05, 3.63) is 29.3 Å². The minimum Gasteiger partial charge on any atom is -0.192 e. The Morgan fingerprint density at radius 3 is 2.38 bits per heavy atom. The van der Waals surface area contributed by atoms with Crippen LogP contribution in [0.1, 0.15) is 25.0 Å². The molecular weight excluding hydrogens is 235 g/mol. The Balaban J connectivity index is 3.18. The molecule has 1 aromatic rings. The quantitative estimate of drug-likeness (QED) is 0.733. The van der Waals surface area contributed by atoms with E-state index in [2.05, 4.69) is 0 Å². The molecule has 1 nitrogen and oxygen atoms in total. The van der Waals surface area contributed by atoms with E-state index >= 15 is 0 Å². The molecule has 1 rings (SSSR count). The highest BCUT2D eigenvalue weighted by Gasteiger charge is 2.33. The van der Waals surface area contributed by atoms with Crippen LogP contribution in [-0.2, 0) is 6.18 Å². The zero-order chi connectivity index (χ0) is 12.3. The van der Waals surface area contributed by atoms with Crippen LogP contribution in [-0.4, -0.2) is 5.25 Å². The van der Waals surface area contributed by atoms with Gasteiger partial charge in [-0.2, -0.15) is 18.4 Å². The van der Waals surface area contributed by atoms with Crippen molar-refractivity contribution >= 4 is 11.8 Å². The molecule has 0 spiro atoms. The molecule has 0 heterocycles. The predicted molar refractivity (Wildman–Crippen MR) is 57.2 cm³/mol. The number of alkyl halides is 3. The van der Waals surface area contributed by atoms with Crippen molar-refractivity contribution < 1.29 is 13.2 Å². The Hall–Kier alpha value is -1.15. The molecule has 0 bridgehead atoms. The molecule has 0 saturated heterocycles. The number of hydrogen-bond acceptors (Lipinski definition) is 2. The van der Waals surface area contributed by atoms with Crippen molar-refractivity contribution in [2.45, 2.75) is 30.2 Å². The summed E-state index contributed by atoms with van der Waals surface area (Å²) in [4.78, 5) is 0.529. The van der Waals surface area contributed by atoms with Crippen LogP contribution in [0.2, 0.25) is 0 Å². The van der Waals surface area contributed by atoms with Crippen molar-refractivity contribution in [2.24, 2.45) is 0 Å². The van der Waals surface area contributed by atoms with Gasteiger partial charge in [0.05, 0.1) is 17.2 Å². The standard InChI is InChI=1S/C11H10F3NS/c1-7(2)16-9-4-3-8(6-15)10(5-9)11(12,13)14/h3-5,7H,1-2H3. The molecule has 0 fully saturated rings. The Morgan fingerprint density at radius 1 is 1.31 bits per heavy atom. The molecule has 0 aliphatic rings. The highest BCUT2D eigenvalue weighted by Crippen LogP contribution is 2.35. The van der Waals surface area contributed by atoms with Gasteiger partial charge in [-0.25, -0.2) is 0 Å². The fourth-order valence-corrected chi connectivity index (χ4v) is 2.08. The third-order valence-corrected chi connectivity index (χ3v) is 2.79. The summed E-state index contributed by atoms with van der Waals surface area (Å²) in [5, 5.41) is 8.80. The zero-order valence-corrected chi connectivity index (χ0v) is 9.62. The fraction of sp³-hybridized carbons (Fsp3) is 0.364. The highest BCUT2D eigenvalue weighted by molar-refractivity contribution is 7.99. The van der Waals surface area contributed by atoms with E-state index in [0.29, 0.717) is 4.90 Å². The first-order valence-electron chi connectivity index (χ1n) is 4.62. The monoisotopic (exact) mass is 245 g/mol. The highest BCUT2D eigenvalue weighted by atomic mass is 32.2. The van der Waals surface area contributed by atoms with Crippen molar-refractivity contribution in [1.82, 2.24) is 0 Å². The van der Waals surface area contributed by atoms with E-state index < -0.39 is 11.7 Å². The number of halogens is 3. The van der Waals surface area contributed by atoms with Crippen molar-refractivity contribution in [2.75, 3.05) is 0 Å². The van der Waals surface area contributed by atoms with E-state index in [9.17, 15) is 13.2 Å². The van der Waals surface area contributed by atoms with E-state index in [0.717, 1.165) is 6.07 Å². The van der Waals surface area contributed by atoms with Gasteiger partial charge < -0.3 is 0 Å². The Kier molecular flexibility index (Phi) is 3.87. The molecule has 0 atom stereocenters. The molecule has 0 N–H and O–H groups in total. The molecule has 0 saturated carbocycles. The average molecular weight is 245 g/mol. The lowest BCUT2D eigenvalue weighted by atomic mass is 10.1. The largest absolute Gasteiger partial charge is 0.417 e. The molecule has 0 unspecified atom stereocenters. The molecule has 0 aromatic heterocycles. The zero-order valence-electron chi connectivity index (χ0n) is 8.80. The lowest BCUT2D eigenvalue weighted by molar-refractivity contribution is -0.137. The number of benzene rings is 1. The summed E-state index contributed by atoms with van der Waals surface area (Å²) in [6.07, 6.45) is -4.47. The molecule has 86 valence electrons. The Bertz CT molecular complexity index is 418. The maximum atomic E-state index is 12.6. The summed E-state index contributed by atoms with van der Waals surface area (Å²) < 4.78 is 37.8. The van der Waals surface area contributed by atoms with Crippen LogP contribution >= 0.6 is 11.8 Å². The van der Waals surface area contributed by atoms with E-state index in [1.807, 2.05) is 13.8 Å². The van der Waals surface area contributed by atoms with E-state index in [1.54, 1.807) is 12.1 Å². The summed E-state index contributed by atoms with van der Waals surface area (Å²) >= 11 is 1.34. The van der Waals surface area contributed by atoms with Gasteiger partial charge in [0.25, 0.3) is 0 Å². The van der Waals surface area contributed by atoms with E-state index in [-0.39, 0.29) is 10.8 Å². The average Bonchev–Trinajstić information content (AvgIpc) is 2.15. The van der Waals surface area contributed by atoms with Crippen molar-refractivity contribution in [1.29, 1.82) is 5.26 Å². The van der Waals surface area contributed by atoms with Gasteiger partial charge in [-0.3, -0.25) is 0 Å². The van der Waals surface area contributed by atoms with Crippen LogP contribution in [0.4, 0.5) is 13.2 Å². The van der Waals surface area contributed by atoms with Gasteiger partial charge in [0, 0.05) is 10.1 Å². The van der Waals surface area contributed by atoms with Gasteiger partial charge in [-0.05, 0) is 18.2 Å². The Morgan fingerprint density at radius 2 is 1.94 bits per heavy atom. The lowest BCUT2D eigenvalue weighted by Crippen LogP contribution is -2.08. The maximum Gasteiger partial charge on any atom is 0.417 e. The van der Waals surface area contributed by atoms with Crippen LogP contribution in [0.15, 0.2) is 23.1 Å². The molecule has 0 amide bonds. The minimum atomic E-state index is -4.47. The number of nitriles is 1. The van der Waals surface area contributed by atoms with Gasteiger partial charge in [0.15, 0.2) is 0 Å². The first kappa shape index (κ1) is 12.9. The Labute approximate surface area is 96.3 Å². The van der Waals surface area contributed by atoms with Gasteiger partial charge >= 0.3 is 6.18 Å². The molecule has 0 aliphatic heterocycles. The van der Waals surface area contributed by atoms with Crippen molar-refractivity contribution in [3.63, 3.8) is 0 Å². The molecule has 0 radical (unpaired) electrons. The van der Waals surface area contributed by atoms with Gasteiger partial charge in [-0.1, -0.05) is 13.8 Å². The SMILES string of the molecule is CC(C)Sc1ccc(C#N)c(C(F)(F)F)c1. The molecule has 16 heavy (non-hydrogen) atoms. The predicted octanol–water partition coefficient (Wildman–Crippen LogP) is 4.08. The second kappa shape index (κ2) is 4.79. The third-order valence-electron chi connectivity index (χ3n) is 1.79. The second-order valence-electron chi connectivity index (χ2n) is 3.48. The van der Waals surface area contributed by atoms with E-state index in [1.165, 1.54) is 17.8 Å². The number of nitrogens with zero attached hydrogens (tertiary/aromatic N) is 1. The fourth-order valence-electron chi connectivity index (χ4n) is 1.20. The lowest BCUT2D eigenvalue weighted by Gasteiger charge is -2.11. The molecule has 0 aliphatic carbocycles.